The van der Waals surface area contributed by atoms with Gasteiger partial charge < -0.3 is 18.5 Å². The average molecular weight is 497 g/mol. The van der Waals surface area contributed by atoms with E-state index in [4.69, 9.17) is 13.9 Å². The summed E-state index contributed by atoms with van der Waals surface area (Å²) in [5.74, 6) is -0.936. The second-order valence-corrected chi connectivity index (χ2v) is 8.93. The van der Waals surface area contributed by atoms with Gasteiger partial charge in [0.1, 0.15) is 29.2 Å². The Kier molecular flexibility index (Phi) is 5.19. The Bertz CT molecular complexity index is 1870. The molecule has 0 radical (unpaired) electrons. The zero-order valence-corrected chi connectivity index (χ0v) is 19.9. The Morgan fingerprint density at radius 3 is 2.59 bits per heavy atom. The predicted molar refractivity (Wildman–Crippen MR) is 136 cm³/mol. The quantitative estimate of drug-likeness (QED) is 0.260. The molecule has 37 heavy (non-hydrogen) atoms. The van der Waals surface area contributed by atoms with Crippen LogP contribution in [0.15, 0.2) is 80.9 Å². The fourth-order valence-electron chi connectivity index (χ4n) is 5.03. The molecule has 1 aliphatic rings. The van der Waals surface area contributed by atoms with Gasteiger partial charge in [0.05, 0.1) is 30.0 Å². The molecular weight excluding hydrogens is 477 g/mol. The van der Waals surface area contributed by atoms with E-state index in [1.165, 1.54) is 41.2 Å². The monoisotopic (exact) mass is 497 g/mol. The molecule has 0 N–H and O–H groups in total. The van der Waals surface area contributed by atoms with Crippen LogP contribution in [0, 0.1) is 5.82 Å². The number of aryl methyl sites for hydroxylation is 1. The lowest BCUT2D eigenvalue weighted by Crippen LogP contribution is -2.29. The maximum Gasteiger partial charge on any atom is 0.312 e. The molecule has 184 valence electrons. The Balaban J connectivity index is 1.60. The van der Waals surface area contributed by atoms with Crippen molar-refractivity contribution in [3.8, 4) is 22.6 Å². The second kappa shape index (κ2) is 8.44. The van der Waals surface area contributed by atoms with Gasteiger partial charge in [-0.3, -0.25) is 14.4 Å². The lowest BCUT2D eigenvalue weighted by molar-refractivity contribution is -0.135. The van der Waals surface area contributed by atoms with Crippen molar-refractivity contribution in [2.75, 3.05) is 7.11 Å². The summed E-state index contributed by atoms with van der Waals surface area (Å²) in [6, 6.07) is 16.1. The zero-order chi connectivity index (χ0) is 25.8. The summed E-state index contributed by atoms with van der Waals surface area (Å²) in [4.78, 5) is 39.5. The summed E-state index contributed by atoms with van der Waals surface area (Å²) in [7, 11) is 3.20. The third-order valence-electron chi connectivity index (χ3n) is 6.88. The lowest BCUT2D eigenvalue weighted by atomic mass is 9.85. The average Bonchev–Trinajstić information content (AvgIpc) is 2.90. The van der Waals surface area contributed by atoms with Gasteiger partial charge in [-0.15, -0.1) is 0 Å². The highest BCUT2D eigenvalue weighted by Gasteiger charge is 2.34. The van der Waals surface area contributed by atoms with E-state index < -0.39 is 23.1 Å². The molecule has 0 fully saturated rings. The number of carbonyl (C=O) groups is 1. The highest BCUT2D eigenvalue weighted by Crippen LogP contribution is 2.42. The van der Waals surface area contributed by atoms with Crippen LogP contribution in [0.1, 0.15) is 23.5 Å². The number of carbonyl (C=O) groups excluding carboxylic acids is 1. The number of hydrogen-bond donors (Lipinski definition) is 0. The molecule has 0 bridgehead atoms. The second-order valence-electron chi connectivity index (χ2n) is 8.93. The standard InChI is InChI=1S/C29H20FNO6/c1-31-23-12-16(35-2)8-7-15(23)11-20(29(31)34)19-13-25(32)37-24-10-9-18-27(33)21(14-36-28(18)26(19)24)17-5-3-4-6-22(17)30/h3-12,14,19H,13H2,1-2H3/t19-/m0/s1. The van der Waals surface area contributed by atoms with Crippen LogP contribution in [0.5, 0.6) is 11.5 Å². The van der Waals surface area contributed by atoms with Crippen LogP contribution in [-0.2, 0) is 11.8 Å². The van der Waals surface area contributed by atoms with Gasteiger partial charge in [-0.2, -0.15) is 0 Å². The van der Waals surface area contributed by atoms with E-state index in [9.17, 15) is 18.8 Å². The van der Waals surface area contributed by atoms with E-state index in [0.717, 1.165) is 5.39 Å². The Hall–Kier alpha value is -4.72. The highest BCUT2D eigenvalue weighted by molar-refractivity contribution is 5.91. The summed E-state index contributed by atoms with van der Waals surface area (Å²) < 4.78 is 32.6. The largest absolute Gasteiger partial charge is 0.497 e. The fourth-order valence-corrected chi connectivity index (χ4v) is 5.03. The lowest BCUT2D eigenvalue weighted by Gasteiger charge is -2.25. The van der Waals surface area contributed by atoms with Crippen LogP contribution < -0.4 is 20.5 Å². The van der Waals surface area contributed by atoms with E-state index in [1.54, 1.807) is 38.4 Å². The number of ether oxygens (including phenoxy) is 2. The van der Waals surface area contributed by atoms with Crippen molar-refractivity contribution in [2.45, 2.75) is 12.3 Å². The SMILES string of the molecule is COc1ccc2cc([C@@H]3CC(=O)Oc4ccc5c(=O)c(-c6ccccc6F)coc5c43)c(=O)n(C)c2c1. The van der Waals surface area contributed by atoms with Crippen molar-refractivity contribution in [1.29, 1.82) is 0 Å². The third-order valence-corrected chi connectivity index (χ3v) is 6.88. The number of aromatic nitrogens is 1. The molecule has 2 aromatic heterocycles. The summed E-state index contributed by atoms with van der Waals surface area (Å²) >= 11 is 0. The normalized spacial score (nSPS) is 15.0. The van der Waals surface area contributed by atoms with Gasteiger partial charge in [0.2, 0.25) is 5.43 Å². The van der Waals surface area contributed by atoms with E-state index in [1.807, 2.05) is 6.07 Å². The first-order chi connectivity index (χ1) is 17.9. The van der Waals surface area contributed by atoms with E-state index in [-0.39, 0.29) is 39.8 Å². The van der Waals surface area contributed by atoms with Crippen molar-refractivity contribution in [3.63, 3.8) is 0 Å². The molecule has 0 spiro atoms. The number of fused-ring (bicyclic) bond motifs is 4. The van der Waals surface area contributed by atoms with Crippen LogP contribution in [0.3, 0.4) is 0 Å². The Morgan fingerprint density at radius 1 is 1.00 bits per heavy atom. The zero-order valence-electron chi connectivity index (χ0n) is 19.9. The van der Waals surface area contributed by atoms with Gasteiger partial charge in [0.25, 0.3) is 5.56 Å². The molecule has 0 aliphatic carbocycles. The first-order valence-corrected chi connectivity index (χ1v) is 11.6. The summed E-state index contributed by atoms with van der Waals surface area (Å²) in [6.45, 7) is 0. The van der Waals surface area contributed by atoms with Gasteiger partial charge in [0.15, 0.2) is 0 Å². The van der Waals surface area contributed by atoms with Gasteiger partial charge in [0, 0.05) is 35.7 Å². The minimum Gasteiger partial charge on any atom is -0.497 e. The first-order valence-electron chi connectivity index (χ1n) is 11.6. The van der Waals surface area contributed by atoms with Gasteiger partial charge in [-0.25, -0.2) is 4.39 Å². The number of nitrogens with zero attached hydrogens (tertiary/aromatic N) is 1. The van der Waals surface area contributed by atoms with Crippen LogP contribution >= 0.6 is 0 Å². The molecular formula is C29H20FNO6. The Morgan fingerprint density at radius 2 is 1.81 bits per heavy atom. The molecule has 7 nitrogen and oxygen atoms in total. The molecule has 1 aliphatic heterocycles. The number of hydrogen-bond acceptors (Lipinski definition) is 6. The van der Waals surface area contributed by atoms with E-state index in [2.05, 4.69) is 0 Å². The van der Waals surface area contributed by atoms with E-state index in [0.29, 0.717) is 22.4 Å². The fraction of sp³-hybridized carbons (Fsp3) is 0.138. The predicted octanol–water partition coefficient (Wildman–Crippen LogP) is 4.90. The van der Waals surface area contributed by atoms with E-state index >= 15 is 0 Å². The number of benzene rings is 3. The molecule has 6 rings (SSSR count). The molecule has 0 amide bonds. The topological polar surface area (TPSA) is 87.7 Å². The summed E-state index contributed by atoms with van der Waals surface area (Å²) in [6.07, 6.45) is 1.10. The van der Waals surface area contributed by atoms with Crippen LogP contribution in [0.4, 0.5) is 4.39 Å². The van der Waals surface area contributed by atoms with Crippen LogP contribution in [-0.4, -0.2) is 17.6 Å². The van der Waals surface area contributed by atoms with Crippen LogP contribution in [0.2, 0.25) is 0 Å². The summed E-state index contributed by atoms with van der Waals surface area (Å²) in [5, 5.41) is 0.978. The maximum absolute atomic E-state index is 14.4. The number of rotatable bonds is 3. The summed E-state index contributed by atoms with van der Waals surface area (Å²) in [5.41, 5.74) is 1.13. The van der Waals surface area contributed by atoms with Crippen molar-refractivity contribution in [1.82, 2.24) is 4.57 Å². The van der Waals surface area contributed by atoms with Crippen molar-refractivity contribution in [3.05, 3.63) is 104 Å². The van der Waals surface area contributed by atoms with Crippen molar-refractivity contribution in [2.24, 2.45) is 7.05 Å². The molecule has 0 unspecified atom stereocenters. The number of halogens is 1. The van der Waals surface area contributed by atoms with Crippen molar-refractivity contribution < 1.29 is 23.1 Å². The smallest absolute Gasteiger partial charge is 0.312 e. The van der Waals surface area contributed by atoms with Gasteiger partial charge in [-0.05, 0) is 41.8 Å². The molecule has 8 heteroatoms. The highest BCUT2D eigenvalue weighted by atomic mass is 19.1. The van der Waals surface area contributed by atoms with Crippen molar-refractivity contribution >= 4 is 27.8 Å². The number of pyridine rings is 1. The van der Waals surface area contributed by atoms with Gasteiger partial charge in [-0.1, -0.05) is 18.2 Å². The molecule has 0 saturated carbocycles. The Labute approximate surface area is 209 Å². The van der Waals surface area contributed by atoms with Gasteiger partial charge >= 0.3 is 5.97 Å². The van der Waals surface area contributed by atoms with Crippen LogP contribution in [0.25, 0.3) is 33.0 Å². The molecule has 0 saturated heterocycles. The maximum atomic E-state index is 14.4. The molecule has 5 aromatic rings. The molecule has 3 heterocycles. The molecule has 3 aromatic carbocycles. The third kappa shape index (κ3) is 3.52. The number of methoxy groups -OCH3 is 1. The minimum atomic E-state index is -0.715. The first kappa shape index (κ1) is 22.7. The minimum absolute atomic E-state index is 0.0745. The molecule has 1 atom stereocenters. The number of esters is 1.